The van der Waals surface area contributed by atoms with Crippen LogP contribution in [0.15, 0.2) is 47.5 Å². The molecule has 1 aromatic carbocycles. The summed E-state index contributed by atoms with van der Waals surface area (Å²) in [6, 6.07) is 6.97. The number of carbonyl (C=O) groups is 3. The smallest absolute Gasteiger partial charge is 0.248 e. The van der Waals surface area contributed by atoms with Gasteiger partial charge in [-0.2, -0.15) is 0 Å². The normalized spacial score (nSPS) is 21.0. The van der Waals surface area contributed by atoms with Crippen molar-refractivity contribution in [3.8, 4) is 11.1 Å². The van der Waals surface area contributed by atoms with Crippen LogP contribution in [0.2, 0.25) is 0 Å². The summed E-state index contributed by atoms with van der Waals surface area (Å²) in [5.41, 5.74) is 4.52. The van der Waals surface area contributed by atoms with E-state index in [9.17, 15) is 19.5 Å². The van der Waals surface area contributed by atoms with Gasteiger partial charge in [0.15, 0.2) is 11.6 Å². The number of aromatic nitrogens is 4. The molecule has 6 rings (SSSR count). The number of rotatable bonds is 7. The minimum absolute atomic E-state index is 0.000937. The lowest BCUT2D eigenvalue weighted by atomic mass is 10.0. The average molecular weight is 632 g/mol. The molecule has 2 amide bonds. The van der Waals surface area contributed by atoms with Gasteiger partial charge in [0.25, 0.3) is 0 Å². The Morgan fingerprint density at radius 1 is 1.10 bits per heavy atom. The van der Waals surface area contributed by atoms with Crippen LogP contribution >= 0.6 is 15.9 Å². The van der Waals surface area contributed by atoms with Crippen LogP contribution in [-0.4, -0.2) is 59.2 Å². The molecule has 11 heteroatoms. The minimum atomic E-state index is -0.606. The quantitative estimate of drug-likeness (QED) is 0.226. The molecule has 42 heavy (non-hydrogen) atoms. The number of carbonyl (C=O) groups excluding carboxylic acids is 3. The van der Waals surface area contributed by atoms with Crippen molar-refractivity contribution >= 4 is 50.2 Å². The molecule has 4 heterocycles. The number of hydrogen-bond donors (Lipinski definition) is 2. The third kappa shape index (κ3) is 4.90. The Labute approximate surface area is 251 Å². The number of hydrogen-bond acceptors (Lipinski definition) is 7. The van der Waals surface area contributed by atoms with Gasteiger partial charge in [-0.05, 0) is 89.8 Å². The first-order valence-electron chi connectivity index (χ1n) is 13.8. The molecule has 2 aliphatic rings. The Balaban J connectivity index is 1.31. The van der Waals surface area contributed by atoms with Gasteiger partial charge < -0.3 is 19.9 Å². The number of aliphatic hydroxyl groups is 1. The maximum Gasteiger partial charge on any atom is 0.248 e. The molecule has 1 saturated carbocycles. The number of piperidine rings is 1. The van der Waals surface area contributed by atoms with Gasteiger partial charge in [0.1, 0.15) is 29.6 Å². The Morgan fingerprint density at radius 2 is 1.83 bits per heavy atom. The van der Waals surface area contributed by atoms with E-state index in [0.717, 1.165) is 39.6 Å². The number of Topliss-reactive ketones (excluding diaryl/α,β-unsaturated/α-hetero) is 1. The zero-order valence-corrected chi connectivity index (χ0v) is 25.4. The maximum absolute atomic E-state index is 13.9. The van der Waals surface area contributed by atoms with Crippen LogP contribution in [0, 0.1) is 19.3 Å². The van der Waals surface area contributed by atoms with Crippen molar-refractivity contribution in [3.05, 3.63) is 70.0 Å². The van der Waals surface area contributed by atoms with Crippen molar-refractivity contribution in [2.75, 3.05) is 5.32 Å². The molecular weight excluding hydrogens is 600 g/mol. The number of pyridine rings is 1. The standard InChI is InChI=1S/C31H31BrN6O4/c1-16-5-6-25(32)35-29(16)36-30(42)23-9-31(4)10-24(31)38(23)27(41)14-37-13-22(18(3)40)21-8-19(7-17(2)28(21)37)20-11-33-26(15-39)34-12-20/h5-8,11-13,23-24,39H,9-10,14-15H2,1-4H3,(H,35,36,42)/t23-,24+,31-/m0/s1. The van der Waals surface area contributed by atoms with E-state index in [-0.39, 0.29) is 42.2 Å². The molecule has 1 aliphatic carbocycles. The number of likely N-dealkylation sites (tertiary alicyclic amines) is 1. The molecule has 2 N–H and O–H groups in total. The summed E-state index contributed by atoms with van der Waals surface area (Å²) in [6.07, 6.45) is 6.47. The van der Waals surface area contributed by atoms with Crippen LogP contribution in [0.3, 0.4) is 0 Å². The summed E-state index contributed by atoms with van der Waals surface area (Å²) in [4.78, 5) is 54.6. The first-order chi connectivity index (χ1) is 20.0. The number of fused-ring (bicyclic) bond motifs is 2. The number of anilines is 1. The van der Waals surface area contributed by atoms with Gasteiger partial charge in [-0.1, -0.05) is 13.0 Å². The molecule has 0 unspecified atom stereocenters. The van der Waals surface area contributed by atoms with Crippen molar-refractivity contribution < 1.29 is 19.5 Å². The number of amides is 2. The fourth-order valence-corrected chi connectivity index (χ4v) is 6.54. The van der Waals surface area contributed by atoms with Gasteiger partial charge in [-0.15, -0.1) is 0 Å². The number of aryl methyl sites for hydroxylation is 2. The van der Waals surface area contributed by atoms with E-state index in [4.69, 9.17) is 0 Å². The molecule has 3 atom stereocenters. The molecule has 1 saturated heterocycles. The van der Waals surface area contributed by atoms with E-state index in [1.807, 2.05) is 42.7 Å². The zero-order chi connectivity index (χ0) is 29.9. The van der Waals surface area contributed by atoms with Gasteiger partial charge in [0, 0.05) is 41.1 Å². The second-order valence-corrected chi connectivity index (χ2v) is 12.5. The number of aliphatic hydroxyl groups excluding tert-OH is 1. The van der Waals surface area contributed by atoms with Crippen molar-refractivity contribution in [3.63, 3.8) is 0 Å². The predicted octanol–water partition coefficient (Wildman–Crippen LogP) is 4.59. The van der Waals surface area contributed by atoms with Crippen molar-refractivity contribution in [2.45, 2.75) is 65.8 Å². The second-order valence-electron chi connectivity index (χ2n) is 11.6. The molecule has 4 aromatic rings. The summed E-state index contributed by atoms with van der Waals surface area (Å²) in [7, 11) is 0. The fraction of sp³-hybridized carbons (Fsp3) is 0.355. The molecule has 0 spiro atoms. The molecule has 10 nitrogen and oxygen atoms in total. The molecule has 3 aromatic heterocycles. The number of nitrogens with zero attached hydrogens (tertiary/aromatic N) is 5. The Bertz CT molecular complexity index is 1770. The average Bonchev–Trinajstić information content (AvgIpc) is 3.30. The molecular formula is C31H31BrN6O4. The SMILES string of the molecule is CC(=O)c1cn(CC(=O)N2[C@H](C(=O)Nc3nc(Br)ccc3C)C[C@@]3(C)C[C@@H]23)c2c(C)cc(-c3cnc(CO)nc3)cc12. The number of halogens is 1. The number of benzene rings is 1. The topological polar surface area (TPSA) is 130 Å². The van der Waals surface area contributed by atoms with Crippen LogP contribution < -0.4 is 5.32 Å². The Hall–Kier alpha value is -3.96. The molecule has 0 radical (unpaired) electrons. The fourth-order valence-electron chi connectivity index (χ4n) is 6.23. The van der Waals surface area contributed by atoms with E-state index >= 15 is 0 Å². The van der Waals surface area contributed by atoms with E-state index < -0.39 is 6.04 Å². The van der Waals surface area contributed by atoms with Crippen molar-refractivity contribution in [1.82, 2.24) is 24.4 Å². The zero-order valence-electron chi connectivity index (χ0n) is 23.8. The minimum Gasteiger partial charge on any atom is -0.388 e. The Morgan fingerprint density at radius 3 is 2.52 bits per heavy atom. The second kappa shape index (κ2) is 10.4. The lowest BCUT2D eigenvalue weighted by Gasteiger charge is -2.27. The van der Waals surface area contributed by atoms with Crippen molar-refractivity contribution in [2.24, 2.45) is 5.41 Å². The summed E-state index contributed by atoms with van der Waals surface area (Å²) in [5, 5.41) is 13.0. The van der Waals surface area contributed by atoms with Gasteiger partial charge in [0.05, 0.1) is 5.52 Å². The molecule has 0 bridgehead atoms. The van der Waals surface area contributed by atoms with Gasteiger partial charge >= 0.3 is 0 Å². The highest BCUT2D eigenvalue weighted by molar-refractivity contribution is 9.10. The summed E-state index contributed by atoms with van der Waals surface area (Å²) in [5.74, 6) is 0.276. The van der Waals surface area contributed by atoms with Crippen LogP contribution in [0.4, 0.5) is 5.82 Å². The van der Waals surface area contributed by atoms with Gasteiger partial charge in [0.2, 0.25) is 11.8 Å². The maximum atomic E-state index is 13.9. The van der Waals surface area contributed by atoms with Crippen LogP contribution in [0.25, 0.3) is 22.0 Å². The highest BCUT2D eigenvalue weighted by Gasteiger charge is 2.64. The first-order valence-corrected chi connectivity index (χ1v) is 14.6. The predicted molar refractivity (Wildman–Crippen MR) is 161 cm³/mol. The highest BCUT2D eigenvalue weighted by Crippen LogP contribution is 2.59. The summed E-state index contributed by atoms with van der Waals surface area (Å²) < 4.78 is 2.44. The summed E-state index contributed by atoms with van der Waals surface area (Å²) in [6.45, 7) is 7.20. The van der Waals surface area contributed by atoms with E-state index in [2.05, 4.69) is 43.1 Å². The third-order valence-corrected chi connectivity index (χ3v) is 9.00. The van der Waals surface area contributed by atoms with Crippen LogP contribution in [0.5, 0.6) is 0 Å². The number of nitrogens with one attached hydrogen (secondary N) is 1. The monoisotopic (exact) mass is 630 g/mol. The van der Waals surface area contributed by atoms with E-state index in [1.165, 1.54) is 6.92 Å². The van der Waals surface area contributed by atoms with E-state index in [1.54, 1.807) is 23.5 Å². The number of ketones is 1. The van der Waals surface area contributed by atoms with E-state index in [0.29, 0.717) is 28.2 Å². The third-order valence-electron chi connectivity index (χ3n) is 8.56. The van der Waals surface area contributed by atoms with Gasteiger partial charge in [-0.25, -0.2) is 15.0 Å². The molecule has 1 aliphatic heterocycles. The highest BCUT2D eigenvalue weighted by atomic mass is 79.9. The van der Waals surface area contributed by atoms with Gasteiger partial charge in [-0.3, -0.25) is 14.4 Å². The lowest BCUT2D eigenvalue weighted by molar-refractivity contribution is -0.138. The first kappa shape index (κ1) is 28.2. The lowest BCUT2D eigenvalue weighted by Crippen LogP contribution is -2.46. The molecule has 216 valence electrons. The molecule has 2 fully saturated rings. The summed E-state index contributed by atoms with van der Waals surface area (Å²) >= 11 is 3.36. The van der Waals surface area contributed by atoms with Crippen molar-refractivity contribution in [1.29, 1.82) is 0 Å². The Kier molecular flexibility index (Phi) is 6.97. The van der Waals surface area contributed by atoms with Crippen LogP contribution in [0.1, 0.15) is 54.0 Å². The van der Waals surface area contributed by atoms with Crippen LogP contribution in [-0.2, 0) is 22.7 Å². The largest absolute Gasteiger partial charge is 0.388 e.